The maximum Gasteiger partial charge on any atom is 0.240 e. The Bertz CT molecular complexity index is 735. The molecule has 0 aliphatic carbocycles. The van der Waals surface area contributed by atoms with Gasteiger partial charge in [-0.1, -0.05) is 36.4 Å². The molecule has 1 aliphatic heterocycles. The van der Waals surface area contributed by atoms with E-state index in [9.17, 15) is 9.59 Å². The number of fused-ring (bicyclic) bond motifs is 1. The summed E-state index contributed by atoms with van der Waals surface area (Å²) in [5.41, 5.74) is 6.82. The van der Waals surface area contributed by atoms with Crippen molar-refractivity contribution in [2.24, 2.45) is 5.73 Å². The third kappa shape index (κ3) is 4.04. The Kier molecular flexibility index (Phi) is 6.17. The highest BCUT2D eigenvalue weighted by Crippen LogP contribution is 2.20. The number of carbonyl (C=O) groups excluding carboxylic acids is 2. The van der Waals surface area contributed by atoms with Gasteiger partial charge in [-0.15, -0.1) is 12.4 Å². The van der Waals surface area contributed by atoms with Crippen LogP contribution in [0.1, 0.15) is 24.4 Å². The van der Waals surface area contributed by atoms with Crippen molar-refractivity contribution in [2.45, 2.75) is 18.9 Å². The van der Waals surface area contributed by atoms with Crippen LogP contribution in [0.25, 0.3) is 10.8 Å². The number of nitrogens with one attached hydrogen (secondary N) is 1. The number of nitrogens with zero attached hydrogens (tertiary/aromatic N) is 1. The van der Waals surface area contributed by atoms with E-state index in [0.717, 1.165) is 22.8 Å². The van der Waals surface area contributed by atoms with E-state index in [1.807, 2.05) is 42.5 Å². The molecule has 128 valence electrons. The van der Waals surface area contributed by atoms with Crippen molar-refractivity contribution in [3.63, 3.8) is 0 Å². The molecule has 2 aromatic carbocycles. The lowest BCUT2D eigenvalue weighted by atomic mass is 10.0. The molecule has 0 spiro atoms. The second-order valence-corrected chi connectivity index (χ2v) is 5.88. The molecule has 24 heavy (non-hydrogen) atoms. The minimum Gasteiger partial charge on any atom is -0.346 e. The van der Waals surface area contributed by atoms with E-state index >= 15 is 0 Å². The maximum absolute atomic E-state index is 12.2. The zero-order valence-corrected chi connectivity index (χ0v) is 14.2. The quantitative estimate of drug-likeness (QED) is 0.868. The fraction of sp³-hybridized carbons (Fsp3) is 0.333. The van der Waals surface area contributed by atoms with Crippen LogP contribution in [0.3, 0.4) is 0 Å². The average Bonchev–Trinajstić information content (AvgIpc) is 2.97. The van der Waals surface area contributed by atoms with Gasteiger partial charge in [0.2, 0.25) is 11.8 Å². The number of hydrogen-bond acceptors (Lipinski definition) is 3. The normalized spacial score (nSPS) is 15.2. The van der Waals surface area contributed by atoms with Gasteiger partial charge in [-0.05, 0) is 28.8 Å². The summed E-state index contributed by atoms with van der Waals surface area (Å²) < 4.78 is 0. The zero-order chi connectivity index (χ0) is 16.2. The van der Waals surface area contributed by atoms with Gasteiger partial charge in [-0.25, -0.2) is 0 Å². The molecular formula is C18H22ClN3O2. The predicted octanol–water partition coefficient (Wildman–Crippen LogP) is 2.00. The zero-order valence-electron chi connectivity index (χ0n) is 13.4. The first-order chi connectivity index (χ1) is 11.2. The standard InChI is InChI=1S/C18H21N3O2.ClH/c19-11-16(20-17(22)12-21-9-3-6-18(21)23)15-8-7-13-4-1-2-5-14(13)10-15;/h1-2,4-5,7-8,10,16H,3,6,9,11-12,19H2,(H,20,22);1H. The highest BCUT2D eigenvalue weighted by Gasteiger charge is 2.23. The topological polar surface area (TPSA) is 75.4 Å². The summed E-state index contributed by atoms with van der Waals surface area (Å²) in [4.78, 5) is 25.4. The fourth-order valence-corrected chi connectivity index (χ4v) is 2.99. The van der Waals surface area contributed by atoms with E-state index in [4.69, 9.17) is 5.73 Å². The van der Waals surface area contributed by atoms with Crippen LogP contribution in [-0.4, -0.2) is 36.3 Å². The van der Waals surface area contributed by atoms with E-state index in [-0.39, 0.29) is 36.8 Å². The summed E-state index contributed by atoms with van der Waals surface area (Å²) in [6, 6.07) is 13.9. The molecule has 3 N–H and O–H groups in total. The molecule has 5 nitrogen and oxygen atoms in total. The van der Waals surface area contributed by atoms with Crippen molar-refractivity contribution in [1.82, 2.24) is 10.2 Å². The second kappa shape index (κ2) is 8.13. The van der Waals surface area contributed by atoms with Crippen LogP contribution in [0.5, 0.6) is 0 Å². The summed E-state index contributed by atoms with van der Waals surface area (Å²) in [5, 5.41) is 5.21. The molecular weight excluding hydrogens is 326 g/mol. The Morgan fingerprint density at radius 2 is 1.96 bits per heavy atom. The number of nitrogens with two attached hydrogens (primary N) is 1. The number of amides is 2. The third-order valence-corrected chi connectivity index (χ3v) is 4.25. The van der Waals surface area contributed by atoms with Crippen LogP contribution in [0, 0.1) is 0 Å². The molecule has 1 unspecified atom stereocenters. The van der Waals surface area contributed by atoms with Gasteiger partial charge in [-0.3, -0.25) is 9.59 Å². The average molecular weight is 348 g/mol. The molecule has 0 saturated carbocycles. The number of rotatable bonds is 5. The summed E-state index contributed by atoms with van der Waals surface area (Å²) >= 11 is 0. The summed E-state index contributed by atoms with van der Waals surface area (Å²) in [6.45, 7) is 1.09. The Labute approximate surface area is 147 Å². The van der Waals surface area contributed by atoms with E-state index in [2.05, 4.69) is 5.32 Å². The molecule has 1 atom stereocenters. The molecule has 1 aliphatic rings. The smallest absolute Gasteiger partial charge is 0.240 e. The first-order valence-corrected chi connectivity index (χ1v) is 7.93. The Morgan fingerprint density at radius 1 is 1.21 bits per heavy atom. The van der Waals surface area contributed by atoms with E-state index in [1.54, 1.807) is 4.90 Å². The fourth-order valence-electron chi connectivity index (χ4n) is 2.99. The van der Waals surface area contributed by atoms with Gasteiger partial charge in [0.15, 0.2) is 0 Å². The van der Waals surface area contributed by atoms with Gasteiger partial charge in [-0.2, -0.15) is 0 Å². The van der Waals surface area contributed by atoms with Crippen LogP contribution in [0.4, 0.5) is 0 Å². The van der Waals surface area contributed by atoms with Gasteiger partial charge in [0.25, 0.3) is 0 Å². The number of halogens is 1. The van der Waals surface area contributed by atoms with Crippen molar-refractivity contribution in [1.29, 1.82) is 0 Å². The maximum atomic E-state index is 12.2. The van der Waals surface area contributed by atoms with Gasteiger partial charge in [0, 0.05) is 19.5 Å². The monoisotopic (exact) mass is 347 g/mol. The molecule has 2 aromatic rings. The molecule has 2 amide bonds. The van der Waals surface area contributed by atoms with Gasteiger partial charge in [0.1, 0.15) is 0 Å². The predicted molar refractivity (Wildman–Crippen MR) is 96.9 cm³/mol. The lowest BCUT2D eigenvalue weighted by molar-refractivity contribution is -0.133. The van der Waals surface area contributed by atoms with Gasteiger partial charge < -0.3 is 16.0 Å². The number of carbonyl (C=O) groups is 2. The van der Waals surface area contributed by atoms with Crippen molar-refractivity contribution in [3.05, 3.63) is 48.0 Å². The van der Waals surface area contributed by atoms with Crippen LogP contribution < -0.4 is 11.1 Å². The first-order valence-electron chi connectivity index (χ1n) is 7.93. The lowest BCUT2D eigenvalue weighted by Gasteiger charge is -2.20. The molecule has 0 aromatic heterocycles. The molecule has 1 heterocycles. The second-order valence-electron chi connectivity index (χ2n) is 5.88. The van der Waals surface area contributed by atoms with Crippen LogP contribution in [0.2, 0.25) is 0 Å². The van der Waals surface area contributed by atoms with Crippen LogP contribution in [0.15, 0.2) is 42.5 Å². The number of hydrogen-bond donors (Lipinski definition) is 2. The van der Waals surface area contributed by atoms with Gasteiger partial charge >= 0.3 is 0 Å². The summed E-state index contributed by atoms with van der Waals surface area (Å²) in [6.07, 6.45) is 1.37. The summed E-state index contributed by atoms with van der Waals surface area (Å²) in [5.74, 6) is -0.112. The van der Waals surface area contributed by atoms with Gasteiger partial charge in [0.05, 0.1) is 12.6 Å². The highest BCUT2D eigenvalue weighted by atomic mass is 35.5. The minimum absolute atomic E-state index is 0. The minimum atomic E-state index is -0.246. The number of benzene rings is 2. The Hall–Kier alpha value is -2.11. The first kappa shape index (κ1) is 18.2. The van der Waals surface area contributed by atoms with E-state index in [0.29, 0.717) is 19.5 Å². The largest absolute Gasteiger partial charge is 0.346 e. The van der Waals surface area contributed by atoms with E-state index < -0.39 is 0 Å². The molecule has 1 saturated heterocycles. The SMILES string of the molecule is Cl.NCC(NC(=O)CN1CCCC1=O)c1ccc2ccccc2c1. The molecule has 3 rings (SSSR count). The lowest BCUT2D eigenvalue weighted by Crippen LogP contribution is -2.41. The van der Waals surface area contributed by atoms with Crippen molar-refractivity contribution >= 4 is 35.0 Å². The molecule has 1 fully saturated rings. The Morgan fingerprint density at radius 3 is 2.62 bits per heavy atom. The highest BCUT2D eigenvalue weighted by molar-refractivity contribution is 5.86. The molecule has 0 bridgehead atoms. The third-order valence-electron chi connectivity index (χ3n) is 4.25. The van der Waals surface area contributed by atoms with Crippen molar-refractivity contribution in [3.8, 4) is 0 Å². The summed E-state index contributed by atoms with van der Waals surface area (Å²) in [7, 11) is 0. The van der Waals surface area contributed by atoms with Crippen molar-refractivity contribution < 1.29 is 9.59 Å². The van der Waals surface area contributed by atoms with Crippen LogP contribution >= 0.6 is 12.4 Å². The van der Waals surface area contributed by atoms with E-state index in [1.165, 1.54) is 0 Å². The molecule has 0 radical (unpaired) electrons. The van der Waals surface area contributed by atoms with Crippen molar-refractivity contribution in [2.75, 3.05) is 19.6 Å². The Balaban J connectivity index is 0.00000208. The van der Waals surface area contributed by atoms with Crippen LogP contribution in [-0.2, 0) is 9.59 Å². The number of likely N-dealkylation sites (tertiary alicyclic amines) is 1. The molecule has 6 heteroatoms.